The lowest BCUT2D eigenvalue weighted by Crippen LogP contribution is -2.34. The van der Waals surface area contributed by atoms with E-state index in [9.17, 15) is 19.2 Å². The summed E-state index contributed by atoms with van der Waals surface area (Å²) in [4.78, 5) is 46.3. The molecule has 1 heterocycles. The number of hydrogen-bond donors (Lipinski definition) is 3. The molecule has 0 aliphatic rings. The molecule has 1 amide bonds. The second-order valence-electron chi connectivity index (χ2n) is 5.63. The van der Waals surface area contributed by atoms with Crippen LogP contribution in [0.4, 0.5) is 5.69 Å². The first-order valence-corrected chi connectivity index (χ1v) is 9.45. The number of rotatable bonds is 9. The molecule has 0 radical (unpaired) electrons. The molecule has 1 aromatic carbocycles. The number of nitrogens with two attached hydrogens (primary N) is 1. The Hall–Kier alpha value is -3.41. The van der Waals surface area contributed by atoms with Gasteiger partial charge in [0.25, 0.3) is 5.56 Å². The number of anilines is 1. The lowest BCUT2D eigenvalue weighted by molar-refractivity contribution is -0.137. The van der Waals surface area contributed by atoms with E-state index >= 15 is 0 Å². The van der Waals surface area contributed by atoms with Crippen molar-refractivity contribution in [2.45, 2.75) is 24.9 Å². The van der Waals surface area contributed by atoms with Crippen LogP contribution in [0.15, 0.2) is 34.2 Å². The molecule has 4 N–H and O–H groups in total. The molecule has 0 fully saturated rings. The second-order valence-corrected chi connectivity index (χ2v) is 6.58. The summed E-state index contributed by atoms with van der Waals surface area (Å²) in [6.45, 7) is 1.98. The maximum absolute atomic E-state index is 12.1. The number of esters is 1. The number of benzene rings is 1. The van der Waals surface area contributed by atoms with Gasteiger partial charge >= 0.3 is 11.9 Å². The lowest BCUT2D eigenvalue weighted by Gasteiger charge is -2.08. The molecule has 1 aromatic heterocycles. The molecule has 0 bridgehead atoms. The van der Waals surface area contributed by atoms with E-state index in [0.29, 0.717) is 11.3 Å². The maximum Gasteiger partial charge on any atom is 0.338 e. The summed E-state index contributed by atoms with van der Waals surface area (Å²) >= 11 is 0.898. The third kappa shape index (κ3) is 6.31. The first-order chi connectivity index (χ1) is 13.8. The molecule has 0 unspecified atom stereocenters. The summed E-state index contributed by atoms with van der Waals surface area (Å²) in [6.07, 6.45) is -0.362. The van der Waals surface area contributed by atoms with Gasteiger partial charge in [-0.05, 0) is 31.2 Å². The van der Waals surface area contributed by atoms with E-state index in [1.807, 2.05) is 0 Å². The van der Waals surface area contributed by atoms with Gasteiger partial charge in [-0.25, -0.2) is 4.79 Å². The van der Waals surface area contributed by atoms with E-state index in [-0.39, 0.29) is 42.0 Å². The van der Waals surface area contributed by atoms with E-state index in [1.54, 1.807) is 19.1 Å². The van der Waals surface area contributed by atoms with E-state index < -0.39 is 17.5 Å². The Morgan fingerprint density at radius 3 is 2.55 bits per heavy atom. The summed E-state index contributed by atoms with van der Waals surface area (Å²) in [5.74, 6) is 3.65. The van der Waals surface area contributed by atoms with Crippen molar-refractivity contribution in [3.05, 3.63) is 45.9 Å². The third-order valence-corrected chi connectivity index (χ3v) is 4.46. The number of carbonyl (C=O) groups excluding carboxylic acids is 2. The Kier molecular flexibility index (Phi) is 7.71. The Labute approximate surface area is 169 Å². The van der Waals surface area contributed by atoms with Crippen molar-refractivity contribution >= 4 is 35.3 Å². The highest BCUT2D eigenvalue weighted by molar-refractivity contribution is 7.99. The SMILES string of the molecule is CCOC(=O)c1ccc(NC(=O)CSc2nnc(CCC(=O)O)c(=O)n2N)cc1. The molecule has 2 rings (SSSR count). The van der Waals surface area contributed by atoms with Crippen LogP contribution in [-0.4, -0.2) is 50.2 Å². The Morgan fingerprint density at radius 2 is 1.93 bits per heavy atom. The van der Waals surface area contributed by atoms with Gasteiger partial charge in [-0.2, -0.15) is 4.68 Å². The number of amides is 1. The number of carboxylic acid groups (broad SMARTS) is 1. The second kappa shape index (κ2) is 10.2. The summed E-state index contributed by atoms with van der Waals surface area (Å²) in [7, 11) is 0. The van der Waals surface area contributed by atoms with Crippen molar-refractivity contribution < 1.29 is 24.2 Å². The van der Waals surface area contributed by atoms with Gasteiger partial charge in [-0.15, -0.1) is 10.2 Å². The Bertz CT molecular complexity index is 960. The molecule has 29 heavy (non-hydrogen) atoms. The van der Waals surface area contributed by atoms with Crippen LogP contribution in [0.2, 0.25) is 0 Å². The zero-order chi connectivity index (χ0) is 21.4. The summed E-state index contributed by atoms with van der Waals surface area (Å²) < 4.78 is 5.61. The molecule has 12 heteroatoms. The van der Waals surface area contributed by atoms with Crippen LogP contribution in [-0.2, 0) is 20.7 Å². The van der Waals surface area contributed by atoms with Gasteiger partial charge in [0.05, 0.1) is 24.3 Å². The van der Waals surface area contributed by atoms with Gasteiger partial charge in [0.1, 0.15) is 5.69 Å². The number of nitrogens with one attached hydrogen (secondary N) is 1. The smallest absolute Gasteiger partial charge is 0.338 e. The third-order valence-electron chi connectivity index (χ3n) is 3.52. The fourth-order valence-electron chi connectivity index (χ4n) is 2.13. The monoisotopic (exact) mass is 421 g/mol. The van der Waals surface area contributed by atoms with E-state index in [4.69, 9.17) is 15.7 Å². The minimum absolute atomic E-state index is 0.0156. The Balaban J connectivity index is 1.93. The van der Waals surface area contributed by atoms with E-state index in [2.05, 4.69) is 15.5 Å². The minimum Gasteiger partial charge on any atom is -0.481 e. The van der Waals surface area contributed by atoms with Gasteiger partial charge in [-0.1, -0.05) is 11.8 Å². The largest absolute Gasteiger partial charge is 0.481 e. The predicted octanol–water partition coefficient (Wildman–Crippen LogP) is 0.277. The van der Waals surface area contributed by atoms with Gasteiger partial charge in [-0.3, -0.25) is 14.4 Å². The van der Waals surface area contributed by atoms with Crippen molar-refractivity contribution in [1.82, 2.24) is 14.9 Å². The highest BCUT2D eigenvalue weighted by Gasteiger charge is 2.14. The topological polar surface area (TPSA) is 167 Å². The maximum atomic E-state index is 12.1. The van der Waals surface area contributed by atoms with Crippen molar-refractivity contribution in [3.63, 3.8) is 0 Å². The molecule has 0 saturated carbocycles. The number of aryl methyl sites for hydroxylation is 1. The average molecular weight is 421 g/mol. The predicted molar refractivity (Wildman–Crippen MR) is 104 cm³/mol. The van der Waals surface area contributed by atoms with Crippen molar-refractivity contribution in [3.8, 4) is 0 Å². The van der Waals surface area contributed by atoms with E-state index in [1.165, 1.54) is 12.1 Å². The van der Waals surface area contributed by atoms with Gasteiger partial charge in [0, 0.05) is 12.1 Å². The zero-order valence-electron chi connectivity index (χ0n) is 15.5. The van der Waals surface area contributed by atoms with Crippen LogP contribution in [0.25, 0.3) is 0 Å². The molecule has 11 nitrogen and oxygen atoms in total. The number of aliphatic carboxylic acids is 1. The van der Waals surface area contributed by atoms with Gasteiger partial charge in [0.15, 0.2) is 0 Å². The highest BCUT2D eigenvalue weighted by atomic mass is 32.2. The molecule has 0 aliphatic carbocycles. The summed E-state index contributed by atoms with van der Waals surface area (Å²) in [5, 5.41) is 18.8. The van der Waals surface area contributed by atoms with Crippen molar-refractivity contribution in [1.29, 1.82) is 0 Å². The number of carbonyl (C=O) groups is 3. The van der Waals surface area contributed by atoms with Crippen LogP contribution < -0.4 is 16.7 Å². The van der Waals surface area contributed by atoms with E-state index in [0.717, 1.165) is 16.4 Å². The van der Waals surface area contributed by atoms with Crippen LogP contribution in [0.3, 0.4) is 0 Å². The normalized spacial score (nSPS) is 10.4. The quantitative estimate of drug-likeness (QED) is 0.290. The van der Waals surface area contributed by atoms with Crippen molar-refractivity contribution in [2.24, 2.45) is 0 Å². The van der Waals surface area contributed by atoms with Crippen molar-refractivity contribution in [2.75, 3.05) is 23.5 Å². The summed E-state index contributed by atoms with van der Waals surface area (Å²) in [5.41, 5.74) is 0.109. The Morgan fingerprint density at radius 1 is 1.24 bits per heavy atom. The first kappa shape index (κ1) is 21.9. The molecule has 154 valence electrons. The molecule has 0 atom stereocenters. The fraction of sp³-hybridized carbons (Fsp3) is 0.294. The van der Waals surface area contributed by atoms with Gasteiger partial charge in [0.2, 0.25) is 11.1 Å². The van der Waals surface area contributed by atoms with Crippen LogP contribution in [0.1, 0.15) is 29.4 Å². The van der Waals surface area contributed by atoms with Gasteiger partial charge < -0.3 is 21.0 Å². The van der Waals surface area contributed by atoms with Crippen LogP contribution in [0, 0.1) is 0 Å². The zero-order valence-corrected chi connectivity index (χ0v) is 16.3. The average Bonchev–Trinajstić information content (AvgIpc) is 2.69. The molecule has 0 aliphatic heterocycles. The minimum atomic E-state index is -1.07. The first-order valence-electron chi connectivity index (χ1n) is 8.47. The lowest BCUT2D eigenvalue weighted by atomic mass is 10.2. The molecule has 0 spiro atoms. The number of ether oxygens (including phenoxy) is 1. The molecular weight excluding hydrogens is 402 g/mol. The number of carboxylic acids is 1. The fourth-order valence-corrected chi connectivity index (χ4v) is 2.78. The number of nitrogens with zero attached hydrogens (tertiary/aromatic N) is 3. The molecular formula is C17H19N5O6S. The number of nitrogen functional groups attached to an aromatic ring is 1. The number of hydrogen-bond acceptors (Lipinski definition) is 9. The molecule has 0 saturated heterocycles. The standard InChI is InChI=1S/C17H19N5O6S/c1-2-28-16(27)10-3-5-11(6-4-10)19-13(23)9-29-17-21-20-12(7-8-14(24)25)15(26)22(17)18/h3-6H,2,7-9,18H2,1H3,(H,19,23)(H,24,25). The number of aromatic nitrogens is 3. The van der Waals surface area contributed by atoms with Crippen LogP contribution >= 0.6 is 11.8 Å². The number of thioether (sulfide) groups is 1. The molecule has 2 aromatic rings. The highest BCUT2D eigenvalue weighted by Crippen LogP contribution is 2.14. The summed E-state index contributed by atoms with van der Waals surface area (Å²) in [6, 6.07) is 6.18. The van der Waals surface area contributed by atoms with Crippen LogP contribution in [0.5, 0.6) is 0 Å².